The maximum Gasteiger partial charge on any atom is 0.210 e. The molecular formula is C22H15NO2. The summed E-state index contributed by atoms with van der Waals surface area (Å²) in [5.41, 5.74) is 2.69. The molecule has 0 fully saturated rings. The lowest BCUT2D eigenvalue weighted by Crippen LogP contribution is -1.82. The molecule has 0 saturated heterocycles. The van der Waals surface area contributed by atoms with Crippen LogP contribution in [0.5, 0.6) is 5.75 Å². The fourth-order valence-electron chi connectivity index (χ4n) is 2.70. The van der Waals surface area contributed by atoms with Crippen molar-refractivity contribution in [3.63, 3.8) is 0 Å². The zero-order valence-corrected chi connectivity index (χ0v) is 13.7. The maximum atomic E-state index is 5.35. The number of nitrogens with zero attached hydrogens (tertiary/aromatic N) is 1. The van der Waals surface area contributed by atoms with Crippen LogP contribution >= 0.6 is 0 Å². The summed E-state index contributed by atoms with van der Waals surface area (Å²) in [6.45, 7) is 0. The van der Waals surface area contributed by atoms with Crippen molar-refractivity contribution in [1.29, 1.82) is 0 Å². The number of aromatic nitrogens is 1. The van der Waals surface area contributed by atoms with Gasteiger partial charge in [0.2, 0.25) is 5.76 Å². The van der Waals surface area contributed by atoms with Gasteiger partial charge in [-0.25, -0.2) is 0 Å². The third-order valence-corrected chi connectivity index (χ3v) is 4.01. The Morgan fingerprint density at radius 3 is 2.52 bits per heavy atom. The van der Waals surface area contributed by atoms with Crippen molar-refractivity contribution >= 4 is 10.8 Å². The van der Waals surface area contributed by atoms with Gasteiger partial charge >= 0.3 is 0 Å². The Kier molecular flexibility index (Phi) is 3.94. The number of ether oxygens (including phenoxy) is 1. The van der Waals surface area contributed by atoms with E-state index in [-0.39, 0.29) is 0 Å². The maximum absolute atomic E-state index is 5.35. The quantitative estimate of drug-likeness (QED) is 0.492. The van der Waals surface area contributed by atoms with Crippen molar-refractivity contribution in [3.8, 4) is 28.8 Å². The third-order valence-electron chi connectivity index (χ3n) is 4.01. The zero-order valence-electron chi connectivity index (χ0n) is 13.7. The van der Waals surface area contributed by atoms with Crippen molar-refractivity contribution in [2.45, 2.75) is 0 Å². The second-order valence-electron chi connectivity index (χ2n) is 5.58. The summed E-state index contributed by atoms with van der Waals surface area (Å²) in [5.74, 6) is 7.59. The molecule has 0 bridgehead atoms. The first-order valence-corrected chi connectivity index (χ1v) is 7.94. The van der Waals surface area contributed by atoms with Gasteiger partial charge in [-0.05, 0) is 47.0 Å². The van der Waals surface area contributed by atoms with Crippen LogP contribution < -0.4 is 4.74 Å². The predicted molar refractivity (Wildman–Crippen MR) is 98.4 cm³/mol. The molecule has 1 aromatic heterocycles. The molecular weight excluding hydrogens is 310 g/mol. The van der Waals surface area contributed by atoms with Crippen molar-refractivity contribution in [3.05, 3.63) is 84.1 Å². The Labute approximate surface area is 145 Å². The summed E-state index contributed by atoms with van der Waals surface area (Å²) >= 11 is 0. The van der Waals surface area contributed by atoms with E-state index in [1.165, 1.54) is 5.39 Å². The molecule has 1 heterocycles. The highest BCUT2D eigenvalue weighted by molar-refractivity contribution is 5.88. The average Bonchev–Trinajstić information content (AvgIpc) is 3.15. The Balaban J connectivity index is 1.64. The van der Waals surface area contributed by atoms with Crippen LogP contribution in [0.15, 0.2) is 77.3 Å². The molecule has 0 spiro atoms. The van der Waals surface area contributed by atoms with E-state index in [0.29, 0.717) is 5.76 Å². The van der Waals surface area contributed by atoms with Crippen LogP contribution in [0.2, 0.25) is 0 Å². The highest BCUT2D eigenvalue weighted by Crippen LogP contribution is 2.22. The Bertz CT molecular complexity index is 1080. The molecule has 0 aliphatic carbocycles. The SMILES string of the molecule is COc1ccc(-c2cc(C#Cc3cccc4ccccc34)on2)cc1. The third kappa shape index (κ3) is 3.11. The van der Waals surface area contributed by atoms with E-state index >= 15 is 0 Å². The topological polar surface area (TPSA) is 35.3 Å². The predicted octanol–water partition coefficient (Wildman–Crippen LogP) is 4.90. The van der Waals surface area contributed by atoms with E-state index in [2.05, 4.69) is 35.2 Å². The van der Waals surface area contributed by atoms with Gasteiger partial charge in [0.05, 0.1) is 7.11 Å². The Morgan fingerprint density at radius 1 is 0.880 bits per heavy atom. The van der Waals surface area contributed by atoms with Crippen LogP contribution in [0.25, 0.3) is 22.0 Å². The molecule has 120 valence electrons. The van der Waals surface area contributed by atoms with Gasteiger partial charge in [-0.15, -0.1) is 0 Å². The van der Waals surface area contributed by atoms with E-state index in [9.17, 15) is 0 Å². The highest BCUT2D eigenvalue weighted by Gasteiger charge is 2.05. The standard InChI is InChI=1S/C22H15NO2/c1-24-19-12-10-18(11-13-19)22-15-20(25-23-22)14-9-17-7-4-6-16-5-2-3-8-21(16)17/h2-8,10-13,15H,1H3. The first kappa shape index (κ1) is 15.0. The Hall–Kier alpha value is -3.51. The minimum absolute atomic E-state index is 0.541. The van der Waals surface area contributed by atoms with E-state index in [4.69, 9.17) is 9.26 Å². The van der Waals surface area contributed by atoms with Gasteiger partial charge in [0.1, 0.15) is 11.4 Å². The molecule has 0 amide bonds. The summed E-state index contributed by atoms with van der Waals surface area (Å²) in [4.78, 5) is 0. The fraction of sp³-hybridized carbons (Fsp3) is 0.0455. The van der Waals surface area contributed by atoms with Crippen molar-refractivity contribution in [2.24, 2.45) is 0 Å². The van der Waals surface area contributed by atoms with E-state index < -0.39 is 0 Å². The summed E-state index contributed by atoms with van der Waals surface area (Å²) in [6.07, 6.45) is 0. The lowest BCUT2D eigenvalue weighted by Gasteiger charge is -1.99. The average molecular weight is 325 g/mol. The fourth-order valence-corrected chi connectivity index (χ4v) is 2.70. The summed E-state index contributed by atoms with van der Waals surface area (Å²) in [7, 11) is 1.64. The van der Waals surface area contributed by atoms with Crippen LogP contribution in [0.4, 0.5) is 0 Å². The lowest BCUT2D eigenvalue weighted by molar-refractivity contribution is 0.412. The number of benzene rings is 3. The Morgan fingerprint density at radius 2 is 1.68 bits per heavy atom. The van der Waals surface area contributed by atoms with Crippen LogP contribution in [0.1, 0.15) is 11.3 Å². The summed E-state index contributed by atoms with van der Waals surface area (Å²) < 4.78 is 10.5. The molecule has 3 heteroatoms. The number of hydrogen-bond donors (Lipinski definition) is 0. The molecule has 0 N–H and O–H groups in total. The number of fused-ring (bicyclic) bond motifs is 1. The van der Waals surface area contributed by atoms with Crippen molar-refractivity contribution < 1.29 is 9.26 Å². The molecule has 0 aliphatic heterocycles. The zero-order chi connectivity index (χ0) is 17.1. The minimum Gasteiger partial charge on any atom is -0.497 e. The number of rotatable bonds is 2. The molecule has 0 aliphatic rings. The lowest BCUT2D eigenvalue weighted by atomic mass is 10.1. The smallest absolute Gasteiger partial charge is 0.210 e. The van der Waals surface area contributed by atoms with E-state index in [1.807, 2.05) is 54.6 Å². The molecule has 4 aromatic rings. The van der Waals surface area contributed by atoms with Gasteiger partial charge in [-0.1, -0.05) is 47.5 Å². The second kappa shape index (κ2) is 6.54. The molecule has 3 aromatic carbocycles. The van der Waals surface area contributed by atoms with Crippen molar-refractivity contribution in [2.75, 3.05) is 7.11 Å². The van der Waals surface area contributed by atoms with Gasteiger partial charge in [0.25, 0.3) is 0 Å². The van der Waals surface area contributed by atoms with E-state index in [1.54, 1.807) is 7.11 Å². The molecule has 4 rings (SSSR count). The van der Waals surface area contributed by atoms with Gasteiger partial charge in [-0.3, -0.25) is 0 Å². The van der Waals surface area contributed by atoms with Gasteiger partial charge in [-0.2, -0.15) is 0 Å². The van der Waals surface area contributed by atoms with Crippen molar-refractivity contribution in [1.82, 2.24) is 5.16 Å². The largest absolute Gasteiger partial charge is 0.497 e. The first-order valence-electron chi connectivity index (χ1n) is 7.94. The normalized spacial score (nSPS) is 10.3. The van der Waals surface area contributed by atoms with Crippen LogP contribution in [0, 0.1) is 11.8 Å². The first-order chi connectivity index (χ1) is 12.3. The van der Waals surface area contributed by atoms with Gasteiger partial charge < -0.3 is 9.26 Å². The summed E-state index contributed by atoms with van der Waals surface area (Å²) in [6, 6.07) is 23.8. The monoisotopic (exact) mass is 325 g/mol. The van der Waals surface area contributed by atoms with E-state index in [0.717, 1.165) is 28.0 Å². The molecule has 0 saturated carbocycles. The highest BCUT2D eigenvalue weighted by atomic mass is 16.5. The molecule has 25 heavy (non-hydrogen) atoms. The molecule has 0 radical (unpaired) electrons. The second-order valence-corrected chi connectivity index (χ2v) is 5.58. The molecule has 0 atom stereocenters. The minimum atomic E-state index is 0.541. The molecule has 0 unspecified atom stereocenters. The summed E-state index contributed by atoms with van der Waals surface area (Å²) in [5, 5.41) is 6.40. The van der Waals surface area contributed by atoms with Crippen LogP contribution in [-0.4, -0.2) is 12.3 Å². The van der Waals surface area contributed by atoms with Gasteiger partial charge in [0.15, 0.2) is 0 Å². The van der Waals surface area contributed by atoms with Crippen LogP contribution in [0.3, 0.4) is 0 Å². The van der Waals surface area contributed by atoms with Crippen LogP contribution in [-0.2, 0) is 0 Å². The number of hydrogen-bond acceptors (Lipinski definition) is 3. The number of methoxy groups -OCH3 is 1. The molecule has 3 nitrogen and oxygen atoms in total. The van der Waals surface area contributed by atoms with Gasteiger partial charge in [0, 0.05) is 17.2 Å².